The Morgan fingerprint density at radius 1 is 0.889 bits per heavy atom. The first-order chi connectivity index (χ1) is 17.5. The van der Waals surface area contributed by atoms with Gasteiger partial charge in [-0.25, -0.2) is 8.42 Å². The van der Waals surface area contributed by atoms with Gasteiger partial charge < -0.3 is 9.64 Å². The fourth-order valence-electron chi connectivity index (χ4n) is 4.11. The maximum Gasteiger partial charge on any atom is 0.244 e. The van der Waals surface area contributed by atoms with Gasteiger partial charge in [0.05, 0.1) is 18.0 Å². The van der Waals surface area contributed by atoms with E-state index in [0.29, 0.717) is 31.5 Å². The van der Waals surface area contributed by atoms with E-state index >= 15 is 0 Å². The van der Waals surface area contributed by atoms with E-state index in [1.807, 2.05) is 72.1 Å². The number of hydrogen-bond donors (Lipinski definition) is 0. The number of methoxy groups -OCH3 is 1. The van der Waals surface area contributed by atoms with Crippen LogP contribution in [0.4, 0.5) is 0 Å². The van der Waals surface area contributed by atoms with E-state index in [2.05, 4.69) is 0 Å². The molecule has 0 atom stereocenters. The van der Waals surface area contributed by atoms with Gasteiger partial charge in [0.25, 0.3) is 0 Å². The third kappa shape index (κ3) is 6.39. The topological polar surface area (TPSA) is 66.9 Å². The molecule has 0 unspecified atom stereocenters. The molecular weight excluding hydrogens is 492 g/mol. The summed E-state index contributed by atoms with van der Waals surface area (Å²) in [5.74, 6) is -0.242. The molecule has 0 bridgehead atoms. The van der Waals surface area contributed by atoms with Crippen LogP contribution in [0.25, 0.3) is 10.8 Å². The minimum Gasteiger partial charge on any atom is -0.385 e. The van der Waals surface area contributed by atoms with Crippen molar-refractivity contribution in [1.82, 2.24) is 9.21 Å². The predicted octanol–water partition coefficient (Wildman–Crippen LogP) is 5.16. The summed E-state index contributed by atoms with van der Waals surface area (Å²) in [7, 11) is -2.36. The van der Waals surface area contributed by atoms with E-state index in [1.54, 1.807) is 41.5 Å². The molecule has 0 aliphatic rings. The van der Waals surface area contributed by atoms with Crippen LogP contribution in [-0.4, -0.2) is 50.3 Å². The van der Waals surface area contributed by atoms with E-state index in [0.717, 1.165) is 15.8 Å². The van der Waals surface area contributed by atoms with Gasteiger partial charge in [-0.2, -0.15) is 4.31 Å². The van der Waals surface area contributed by atoms with E-state index in [4.69, 9.17) is 4.74 Å². The Balaban J connectivity index is 1.64. The van der Waals surface area contributed by atoms with Crippen LogP contribution in [-0.2, 0) is 32.6 Å². The van der Waals surface area contributed by atoms with Crippen LogP contribution in [0.3, 0.4) is 0 Å². The van der Waals surface area contributed by atoms with Gasteiger partial charge in [-0.15, -0.1) is 11.3 Å². The molecule has 0 aliphatic heterocycles. The summed E-state index contributed by atoms with van der Waals surface area (Å²) in [6, 6.07) is 26.3. The minimum absolute atomic E-state index is 0.184. The molecule has 0 saturated carbocycles. The maximum atomic E-state index is 13.9. The molecule has 0 N–H and O–H groups in total. The molecule has 3 aromatic carbocycles. The van der Waals surface area contributed by atoms with Crippen LogP contribution in [0.2, 0.25) is 0 Å². The average molecular weight is 523 g/mol. The molecule has 188 valence electrons. The van der Waals surface area contributed by atoms with Crippen molar-refractivity contribution in [2.45, 2.75) is 24.4 Å². The molecule has 8 heteroatoms. The SMILES string of the molecule is COCCCN(CC(=O)N(Cc1ccccc1)Cc1cccs1)S(=O)(=O)c1cccc2ccccc12. The van der Waals surface area contributed by atoms with Crippen LogP contribution >= 0.6 is 11.3 Å². The molecule has 1 aromatic heterocycles. The monoisotopic (exact) mass is 522 g/mol. The number of benzene rings is 3. The molecule has 1 heterocycles. The lowest BCUT2D eigenvalue weighted by molar-refractivity contribution is -0.132. The molecule has 4 rings (SSSR count). The standard InChI is InChI=1S/C28H30N2O4S2/c1-34-18-9-17-30(36(32,33)27-16-7-13-24-12-5-6-15-26(24)27)22-28(31)29(21-25-14-8-19-35-25)20-23-10-3-2-4-11-23/h2-8,10-16,19H,9,17-18,20-22H2,1H3. The largest absolute Gasteiger partial charge is 0.385 e. The van der Waals surface area contributed by atoms with Crippen LogP contribution in [0.1, 0.15) is 16.9 Å². The third-order valence-electron chi connectivity index (χ3n) is 5.93. The number of sulfonamides is 1. The summed E-state index contributed by atoms with van der Waals surface area (Å²) >= 11 is 1.58. The smallest absolute Gasteiger partial charge is 0.244 e. The van der Waals surface area contributed by atoms with Gasteiger partial charge in [0.2, 0.25) is 15.9 Å². The van der Waals surface area contributed by atoms with Crippen molar-refractivity contribution in [3.05, 3.63) is 101 Å². The lowest BCUT2D eigenvalue weighted by Crippen LogP contribution is -2.43. The number of thiophene rings is 1. The maximum absolute atomic E-state index is 13.9. The summed E-state index contributed by atoms with van der Waals surface area (Å²) in [6.07, 6.45) is 0.484. The Hall–Kier alpha value is -3.04. The van der Waals surface area contributed by atoms with Crippen LogP contribution in [0.5, 0.6) is 0 Å². The molecule has 0 radical (unpaired) electrons. The van der Waals surface area contributed by atoms with E-state index in [-0.39, 0.29) is 23.9 Å². The predicted molar refractivity (Wildman–Crippen MR) is 144 cm³/mol. The molecule has 36 heavy (non-hydrogen) atoms. The Morgan fingerprint density at radius 2 is 1.64 bits per heavy atom. The molecule has 0 spiro atoms. The lowest BCUT2D eigenvalue weighted by Gasteiger charge is -2.27. The van der Waals surface area contributed by atoms with Crippen molar-refractivity contribution < 1.29 is 17.9 Å². The van der Waals surface area contributed by atoms with Crippen molar-refractivity contribution in [2.75, 3.05) is 26.8 Å². The minimum atomic E-state index is -3.94. The normalized spacial score (nSPS) is 11.7. The Bertz CT molecular complexity index is 1370. The fraction of sp³-hybridized carbons (Fsp3) is 0.250. The van der Waals surface area contributed by atoms with Crippen molar-refractivity contribution in [2.24, 2.45) is 0 Å². The van der Waals surface area contributed by atoms with Crippen LogP contribution in [0, 0.1) is 0 Å². The van der Waals surface area contributed by atoms with Gasteiger partial charge in [0.1, 0.15) is 0 Å². The zero-order valence-electron chi connectivity index (χ0n) is 20.2. The fourth-order valence-corrected chi connectivity index (χ4v) is 6.47. The van der Waals surface area contributed by atoms with Crippen molar-refractivity contribution in [1.29, 1.82) is 0 Å². The summed E-state index contributed by atoms with van der Waals surface area (Å²) in [5.41, 5.74) is 0.991. The van der Waals surface area contributed by atoms with Gasteiger partial charge in [-0.05, 0) is 34.9 Å². The van der Waals surface area contributed by atoms with E-state index in [9.17, 15) is 13.2 Å². The van der Waals surface area contributed by atoms with Crippen LogP contribution in [0.15, 0.2) is 95.2 Å². The first-order valence-corrected chi connectivity index (χ1v) is 14.1. The highest BCUT2D eigenvalue weighted by molar-refractivity contribution is 7.89. The van der Waals surface area contributed by atoms with Gasteiger partial charge >= 0.3 is 0 Å². The highest BCUT2D eigenvalue weighted by Crippen LogP contribution is 2.26. The number of nitrogens with zero attached hydrogens (tertiary/aromatic N) is 2. The number of hydrogen-bond acceptors (Lipinski definition) is 5. The van der Waals surface area contributed by atoms with Gasteiger partial charge in [0, 0.05) is 37.1 Å². The molecule has 0 aliphatic carbocycles. The zero-order chi connectivity index (χ0) is 25.4. The van der Waals surface area contributed by atoms with E-state index in [1.165, 1.54) is 4.31 Å². The highest BCUT2D eigenvalue weighted by Gasteiger charge is 2.29. The molecular formula is C28H30N2O4S2. The van der Waals surface area contributed by atoms with Gasteiger partial charge in [0.15, 0.2) is 0 Å². The van der Waals surface area contributed by atoms with Crippen molar-refractivity contribution in [3.8, 4) is 0 Å². The number of ether oxygens (including phenoxy) is 1. The van der Waals surface area contributed by atoms with Gasteiger partial charge in [-0.1, -0.05) is 72.8 Å². The van der Waals surface area contributed by atoms with Gasteiger partial charge in [-0.3, -0.25) is 4.79 Å². The second-order valence-electron chi connectivity index (χ2n) is 8.48. The summed E-state index contributed by atoms with van der Waals surface area (Å²) in [6.45, 7) is 1.17. The molecule has 6 nitrogen and oxygen atoms in total. The summed E-state index contributed by atoms with van der Waals surface area (Å²) in [4.78, 5) is 16.6. The Morgan fingerprint density at radius 3 is 2.39 bits per heavy atom. The first-order valence-electron chi connectivity index (χ1n) is 11.8. The summed E-state index contributed by atoms with van der Waals surface area (Å²) < 4.78 is 34.2. The molecule has 1 amide bonds. The summed E-state index contributed by atoms with van der Waals surface area (Å²) in [5, 5.41) is 3.46. The van der Waals surface area contributed by atoms with Crippen molar-refractivity contribution in [3.63, 3.8) is 0 Å². The first kappa shape index (κ1) is 26.0. The molecule has 0 fully saturated rings. The Labute approximate surface area is 216 Å². The Kier molecular flexibility index (Phi) is 8.88. The zero-order valence-corrected chi connectivity index (χ0v) is 21.9. The third-order valence-corrected chi connectivity index (χ3v) is 8.70. The van der Waals surface area contributed by atoms with Crippen molar-refractivity contribution >= 4 is 38.0 Å². The number of rotatable bonds is 12. The lowest BCUT2D eigenvalue weighted by atomic mass is 10.1. The second-order valence-corrected chi connectivity index (χ2v) is 11.4. The average Bonchev–Trinajstić information content (AvgIpc) is 3.41. The van der Waals surface area contributed by atoms with E-state index < -0.39 is 10.0 Å². The van der Waals surface area contributed by atoms with Crippen LogP contribution < -0.4 is 0 Å². The number of fused-ring (bicyclic) bond motifs is 1. The highest BCUT2D eigenvalue weighted by atomic mass is 32.2. The number of amides is 1. The quantitative estimate of drug-likeness (QED) is 0.241. The second kappa shape index (κ2) is 12.3. The molecule has 0 saturated heterocycles. The molecule has 4 aromatic rings. The number of carbonyl (C=O) groups excluding carboxylic acids is 1. The number of carbonyl (C=O) groups is 1.